The Hall–Kier alpha value is -1.88. The number of benzene rings is 1. The molecule has 5 heteroatoms. The topological polar surface area (TPSA) is 75.6 Å². The fourth-order valence-electron chi connectivity index (χ4n) is 2.34. The normalized spacial score (nSPS) is 12.7. The van der Waals surface area contributed by atoms with E-state index in [9.17, 15) is 9.59 Å². The van der Waals surface area contributed by atoms with E-state index >= 15 is 0 Å². The van der Waals surface area contributed by atoms with Crippen molar-refractivity contribution in [3.63, 3.8) is 0 Å². The summed E-state index contributed by atoms with van der Waals surface area (Å²) in [6.45, 7) is 4.00. The summed E-state index contributed by atoms with van der Waals surface area (Å²) in [5, 5.41) is 11.8. The maximum atomic E-state index is 12.4. The van der Waals surface area contributed by atoms with Crippen molar-refractivity contribution in [3.8, 4) is 0 Å². The molecule has 23 heavy (non-hydrogen) atoms. The summed E-state index contributed by atoms with van der Waals surface area (Å²) in [5.74, 6) is -1.26. The van der Waals surface area contributed by atoms with E-state index in [1.165, 1.54) is 12.7 Å². The molecule has 1 aromatic carbocycles. The number of nitrogens with one attached hydrogen (secondary N) is 1. The average Bonchev–Trinajstić information content (AvgIpc) is 2.51. The molecule has 0 fully saturated rings. The number of aryl methyl sites for hydroxylation is 1. The summed E-state index contributed by atoms with van der Waals surface area (Å²) < 4.78 is 4.89. The molecule has 0 aliphatic heterocycles. The largest absolute Gasteiger partial charge is 0.480 e. The van der Waals surface area contributed by atoms with Gasteiger partial charge >= 0.3 is 5.97 Å². The van der Waals surface area contributed by atoms with E-state index in [0.717, 1.165) is 12.8 Å². The molecule has 0 saturated carbocycles. The summed E-state index contributed by atoms with van der Waals surface area (Å²) in [7, 11) is 1.51. The maximum Gasteiger partial charge on any atom is 0.326 e. The highest BCUT2D eigenvalue weighted by molar-refractivity contribution is 5.86. The van der Waals surface area contributed by atoms with Crippen LogP contribution < -0.4 is 5.32 Å². The lowest BCUT2D eigenvalue weighted by Crippen LogP contribution is -2.47. The van der Waals surface area contributed by atoms with Crippen LogP contribution in [0.2, 0.25) is 0 Å². The fraction of sp³-hybridized carbons (Fsp3) is 0.556. The Kier molecular flexibility index (Phi) is 7.75. The van der Waals surface area contributed by atoms with E-state index in [-0.39, 0.29) is 12.3 Å². The minimum atomic E-state index is -1.03. The summed E-state index contributed by atoms with van der Waals surface area (Å²) in [6.07, 6.45) is 2.74. The first-order valence-electron chi connectivity index (χ1n) is 7.93. The molecular weight excluding hydrogens is 294 g/mol. The molecule has 0 bridgehead atoms. The van der Waals surface area contributed by atoms with Gasteiger partial charge in [-0.15, -0.1) is 0 Å². The van der Waals surface area contributed by atoms with Gasteiger partial charge in [0.15, 0.2) is 0 Å². The van der Waals surface area contributed by atoms with Gasteiger partial charge in [0, 0.05) is 25.6 Å². The van der Waals surface area contributed by atoms with Crippen molar-refractivity contribution in [2.24, 2.45) is 5.41 Å². The van der Waals surface area contributed by atoms with Crippen molar-refractivity contribution in [2.45, 2.75) is 45.6 Å². The van der Waals surface area contributed by atoms with Crippen LogP contribution in [0.1, 0.15) is 38.7 Å². The van der Waals surface area contributed by atoms with Gasteiger partial charge in [0.2, 0.25) is 5.91 Å². The third kappa shape index (κ3) is 6.82. The SMILES string of the molecule is COCCC(NC(=O)C(C)(C)CCCc1ccccc1)C(=O)O. The molecule has 2 N–H and O–H groups in total. The van der Waals surface area contributed by atoms with E-state index in [0.29, 0.717) is 13.0 Å². The zero-order valence-electron chi connectivity index (χ0n) is 14.2. The smallest absolute Gasteiger partial charge is 0.326 e. The first-order valence-corrected chi connectivity index (χ1v) is 7.93. The number of rotatable bonds is 10. The number of carboxylic acids is 1. The van der Waals surface area contributed by atoms with Crippen LogP contribution >= 0.6 is 0 Å². The van der Waals surface area contributed by atoms with Crippen LogP contribution in [0, 0.1) is 5.41 Å². The van der Waals surface area contributed by atoms with Crippen molar-refractivity contribution in [1.29, 1.82) is 0 Å². The number of ether oxygens (including phenoxy) is 1. The molecule has 1 rings (SSSR count). The van der Waals surface area contributed by atoms with Crippen LogP contribution in [0.25, 0.3) is 0 Å². The molecule has 0 aromatic heterocycles. The van der Waals surface area contributed by atoms with Crippen LogP contribution in [-0.2, 0) is 20.7 Å². The van der Waals surface area contributed by atoms with Crippen molar-refractivity contribution in [3.05, 3.63) is 35.9 Å². The van der Waals surface area contributed by atoms with Gasteiger partial charge in [0.25, 0.3) is 0 Å². The van der Waals surface area contributed by atoms with Crippen LogP contribution in [0.4, 0.5) is 0 Å². The molecule has 0 radical (unpaired) electrons. The second-order valence-corrected chi connectivity index (χ2v) is 6.37. The molecule has 0 spiro atoms. The summed E-state index contributed by atoms with van der Waals surface area (Å²) >= 11 is 0. The number of carbonyl (C=O) groups is 2. The van der Waals surface area contributed by atoms with Gasteiger partial charge in [0.1, 0.15) is 6.04 Å². The van der Waals surface area contributed by atoms with Crippen LogP contribution in [0.15, 0.2) is 30.3 Å². The molecule has 0 saturated heterocycles. The lowest BCUT2D eigenvalue weighted by molar-refractivity contribution is -0.144. The summed E-state index contributed by atoms with van der Waals surface area (Å²) in [6, 6.07) is 9.21. The van der Waals surface area contributed by atoms with E-state index in [1.807, 2.05) is 32.0 Å². The molecule has 128 valence electrons. The molecule has 1 amide bonds. The number of aliphatic carboxylic acids is 1. The average molecular weight is 321 g/mol. The minimum Gasteiger partial charge on any atom is -0.480 e. The zero-order valence-corrected chi connectivity index (χ0v) is 14.2. The quantitative estimate of drug-likeness (QED) is 0.694. The summed E-state index contributed by atoms with van der Waals surface area (Å²) in [4.78, 5) is 23.6. The van der Waals surface area contributed by atoms with E-state index < -0.39 is 17.4 Å². The van der Waals surface area contributed by atoms with Gasteiger partial charge in [-0.05, 0) is 24.8 Å². The van der Waals surface area contributed by atoms with Gasteiger partial charge in [-0.2, -0.15) is 0 Å². The number of amides is 1. The first-order chi connectivity index (χ1) is 10.9. The van der Waals surface area contributed by atoms with Crippen molar-refractivity contribution < 1.29 is 19.4 Å². The Morgan fingerprint density at radius 2 is 1.91 bits per heavy atom. The molecule has 5 nitrogen and oxygen atoms in total. The van der Waals surface area contributed by atoms with Crippen LogP contribution in [0.5, 0.6) is 0 Å². The second kappa shape index (κ2) is 9.30. The van der Waals surface area contributed by atoms with Crippen LogP contribution in [0.3, 0.4) is 0 Å². The predicted molar refractivity (Wildman–Crippen MR) is 89.2 cm³/mol. The molecule has 0 aliphatic rings. The third-order valence-corrected chi connectivity index (χ3v) is 3.94. The minimum absolute atomic E-state index is 0.228. The lowest BCUT2D eigenvalue weighted by atomic mass is 9.85. The molecule has 1 unspecified atom stereocenters. The number of carbonyl (C=O) groups excluding carboxylic acids is 1. The standard InChI is InChI=1S/C18H27NO4/c1-18(2,12-7-10-14-8-5-4-6-9-14)17(22)19-15(16(20)21)11-13-23-3/h4-6,8-9,15H,7,10-13H2,1-3H3,(H,19,22)(H,20,21). The van der Waals surface area contributed by atoms with Gasteiger partial charge < -0.3 is 15.2 Å². The summed E-state index contributed by atoms with van der Waals surface area (Å²) in [5.41, 5.74) is 0.641. The van der Waals surface area contributed by atoms with E-state index in [4.69, 9.17) is 9.84 Å². The zero-order chi connectivity index (χ0) is 17.3. The lowest BCUT2D eigenvalue weighted by Gasteiger charge is -2.26. The fourth-order valence-corrected chi connectivity index (χ4v) is 2.34. The molecule has 1 atom stereocenters. The molecule has 1 aromatic rings. The van der Waals surface area contributed by atoms with Gasteiger partial charge in [0.05, 0.1) is 0 Å². The number of hydrogen-bond acceptors (Lipinski definition) is 3. The highest BCUT2D eigenvalue weighted by Gasteiger charge is 2.30. The Morgan fingerprint density at radius 3 is 2.48 bits per heavy atom. The second-order valence-electron chi connectivity index (χ2n) is 6.37. The van der Waals surface area contributed by atoms with Crippen molar-refractivity contribution >= 4 is 11.9 Å². The Morgan fingerprint density at radius 1 is 1.26 bits per heavy atom. The van der Waals surface area contributed by atoms with Crippen LogP contribution in [-0.4, -0.2) is 36.7 Å². The molecule has 0 aliphatic carbocycles. The maximum absolute atomic E-state index is 12.4. The molecular formula is C18H27NO4. The van der Waals surface area contributed by atoms with Gasteiger partial charge in [-0.25, -0.2) is 4.79 Å². The number of hydrogen-bond donors (Lipinski definition) is 2. The highest BCUT2D eigenvalue weighted by Crippen LogP contribution is 2.24. The van der Waals surface area contributed by atoms with Crippen molar-refractivity contribution in [1.82, 2.24) is 5.32 Å². The number of methoxy groups -OCH3 is 1. The number of carboxylic acid groups (broad SMARTS) is 1. The molecule has 0 heterocycles. The van der Waals surface area contributed by atoms with Gasteiger partial charge in [-0.3, -0.25) is 4.79 Å². The monoisotopic (exact) mass is 321 g/mol. The van der Waals surface area contributed by atoms with E-state index in [2.05, 4.69) is 17.4 Å². The predicted octanol–water partition coefficient (Wildman–Crippen LogP) is 2.64. The highest BCUT2D eigenvalue weighted by atomic mass is 16.5. The van der Waals surface area contributed by atoms with Gasteiger partial charge in [-0.1, -0.05) is 44.2 Å². The Labute approximate surface area is 138 Å². The van der Waals surface area contributed by atoms with Crippen molar-refractivity contribution in [2.75, 3.05) is 13.7 Å². The van der Waals surface area contributed by atoms with E-state index in [1.54, 1.807) is 0 Å². The Balaban J connectivity index is 2.49. The Bertz CT molecular complexity index is 499. The third-order valence-electron chi connectivity index (χ3n) is 3.94. The first kappa shape index (κ1) is 19.2.